The van der Waals surface area contributed by atoms with Crippen LogP contribution in [0.4, 0.5) is 0 Å². The summed E-state index contributed by atoms with van der Waals surface area (Å²) in [5.41, 5.74) is 0.939. The minimum absolute atomic E-state index is 0.00215. The van der Waals surface area contributed by atoms with Crippen LogP contribution in [-0.4, -0.2) is 41.0 Å². The highest BCUT2D eigenvalue weighted by Crippen LogP contribution is 2.11. The fourth-order valence-corrected chi connectivity index (χ4v) is 1.86. The van der Waals surface area contributed by atoms with E-state index in [2.05, 4.69) is 5.32 Å². The molecule has 5 heteroatoms. The molecule has 0 spiro atoms. The lowest BCUT2D eigenvalue weighted by molar-refractivity contribution is -0.147. The van der Waals surface area contributed by atoms with Crippen LogP contribution in [-0.2, 0) is 16.1 Å². The molecule has 0 unspecified atom stereocenters. The maximum atomic E-state index is 11.7. The van der Waals surface area contributed by atoms with E-state index in [1.807, 2.05) is 30.3 Å². The lowest BCUT2D eigenvalue weighted by atomic mass is 10.1. The zero-order valence-electron chi connectivity index (χ0n) is 9.30. The van der Waals surface area contributed by atoms with Crippen LogP contribution in [0, 0.1) is 0 Å². The Kier molecular flexibility index (Phi) is 3.39. The summed E-state index contributed by atoms with van der Waals surface area (Å²) in [6, 6.07) is 8.62. The van der Waals surface area contributed by atoms with E-state index < -0.39 is 6.04 Å². The minimum Gasteiger partial charge on any atom is -0.394 e. The number of aliphatic hydroxyl groups is 1. The number of amides is 2. The molecule has 1 aliphatic heterocycles. The van der Waals surface area contributed by atoms with E-state index in [1.165, 1.54) is 4.90 Å². The molecule has 2 N–H and O–H groups in total. The van der Waals surface area contributed by atoms with Crippen molar-refractivity contribution in [1.29, 1.82) is 0 Å². The van der Waals surface area contributed by atoms with Crippen molar-refractivity contribution in [3.63, 3.8) is 0 Å². The second-order valence-corrected chi connectivity index (χ2v) is 3.92. The Bertz CT molecular complexity index is 419. The molecule has 1 atom stereocenters. The van der Waals surface area contributed by atoms with Gasteiger partial charge in [0.05, 0.1) is 13.2 Å². The standard InChI is InChI=1S/C12H14N2O3/c15-8-10-12(17)13-6-11(16)14(10)7-9-4-2-1-3-5-9/h1-5,10,15H,6-8H2,(H,13,17)/t10-/m0/s1. The van der Waals surface area contributed by atoms with Crippen LogP contribution >= 0.6 is 0 Å². The summed E-state index contributed by atoms with van der Waals surface area (Å²) in [5.74, 6) is -0.476. The lowest BCUT2D eigenvalue weighted by Gasteiger charge is -2.33. The molecule has 1 saturated heterocycles. The average Bonchev–Trinajstić information content (AvgIpc) is 2.35. The monoisotopic (exact) mass is 234 g/mol. The van der Waals surface area contributed by atoms with E-state index in [9.17, 15) is 14.7 Å². The summed E-state index contributed by atoms with van der Waals surface area (Å²) in [6.07, 6.45) is 0. The molecular weight excluding hydrogens is 220 g/mol. The van der Waals surface area contributed by atoms with Gasteiger partial charge in [0, 0.05) is 6.54 Å². The Balaban J connectivity index is 2.16. The molecule has 0 aliphatic carbocycles. The highest BCUT2D eigenvalue weighted by Gasteiger charge is 2.33. The van der Waals surface area contributed by atoms with Crippen LogP contribution < -0.4 is 5.32 Å². The van der Waals surface area contributed by atoms with E-state index in [-0.39, 0.29) is 25.0 Å². The number of hydrogen-bond donors (Lipinski definition) is 2. The van der Waals surface area contributed by atoms with Gasteiger partial charge in [-0.2, -0.15) is 0 Å². The van der Waals surface area contributed by atoms with Gasteiger partial charge in [-0.1, -0.05) is 30.3 Å². The number of nitrogens with one attached hydrogen (secondary N) is 1. The maximum Gasteiger partial charge on any atom is 0.245 e. The first-order valence-electron chi connectivity index (χ1n) is 5.44. The number of piperazine rings is 1. The van der Waals surface area contributed by atoms with Crippen molar-refractivity contribution in [3.05, 3.63) is 35.9 Å². The Morgan fingerprint density at radius 2 is 2.00 bits per heavy atom. The minimum atomic E-state index is -0.781. The Morgan fingerprint density at radius 1 is 1.29 bits per heavy atom. The number of carbonyl (C=O) groups excluding carboxylic acids is 2. The van der Waals surface area contributed by atoms with E-state index in [4.69, 9.17) is 0 Å². The molecule has 5 nitrogen and oxygen atoms in total. The molecule has 1 aromatic rings. The summed E-state index contributed by atoms with van der Waals surface area (Å²) in [4.78, 5) is 24.6. The van der Waals surface area contributed by atoms with Gasteiger partial charge in [0.1, 0.15) is 6.04 Å². The SMILES string of the molecule is O=C1NCC(=O)N(Cc2ccccc2)[C@H]1CO. The van der Waals surface area contributed by atoms with Crippen molar-refractivity contribution in [2.75, 3.05) is 13.2 Å². The lowest BCUT2D eigenvalue weighted by Crippen LogP contribution is -2.59. The highest BCUT2D eigenvalue weighted by atomic mass is 16.3. The molecule has 0 saturated carbocycles. The number of hydrogen-bond acceptors (Lipinski definition) is 3. The molecule has 1 aromatic carbocycles. The quantitative estimate of drug-likeness (QED) is 0.741. The molecule has 2 amide bonds. The van der Waals surface area contributed by atoms with Crippen molar-refractivity contribution < 1.29 is 14.7 Å². The molecule has 2 rings (SSSR count). The average molecular weight is 234 g/mol. The fourth-order valence-electron chi connectivity index (χ4n) is 1.86. The van der Waals surface area contributed by atoms with E-state index in [0.29, 0.717) is 6.54 Å². The topological polar surface area (TPSA) is 69.6 Å². The predicted molar refractivity (Wildman–Crippen MR) is 60.9 cm³/mol. The molecule has 1 fully saturated rings. The first-order valence-corrected chi connectivity index (χ1v) is 5.44. The molecule has 17 heavy (non-hydrogen) atoms. The second kappa shape index (κ2) is 4.97. The highest BCUT2D eigenvalue weighted by molar-refractivity contribution is 5.94. The van der Waals surface area contributed by atoms with Crippen molar-refractivity contribution >= 4 is 11.8 Å². The second-order valence-electron chi connectivity index (χ2n) is 3.92. The predicted octanol–water partition coefficient (Wildman–Crippen LogP) is -0.494. The normalized spacial score (nSPS) is 20.3. The summed E-state index contributed by atoms with van der Waals surface area (Å²) in [7, 11) is 0. The van der Waals surface area contributed by atoms with Crippen molar-refractivity contribution in [2.24, 2.45) is 0 Å². The van der Waals surface area contributed by atoms with Gasteiger partial charge >= 0.3 is 0 Å². The number of nitrogens with zero attached hydrogens (tertiary/aromatic N) is 1. The van der Waals surface area contributed by atoms with Gasteiger partial charge in [0.2, 0.25) is 11.8 Å². The third-order valence-corrected chi connectivity index (χ3v) is 2.78. The van der Waals surface area contributed by atoms with Crippen molar-refractivity contribution in [1.82, 2.24) is 10.2 Å². The molecule has 0 radical (unpaired) electrons. The van der Waals surface area contributed by atoms with Crippen LogP contribution in [0.15, 0.2) is 30.3 Å². The van der Waals surface area contributed by atoms with Crippen molar-refractivity contribution in [3.8, 4) is 0 Å². The zero-order valence-corrected chi connectivity index (χ0v) is 9.30. The van der Waals surface area contributed by atoms with Crippen LogP contribution in [0.3, 0.4) is 0 Å². The summed E-state index contributed by atoms with van der Waals surface area (Å²) in [6.45, 7) is -0.00903. The number of benzene rings is 1. The van der Waals surface area contributed by atoms with Gasteiger partial charge in [0.15, 0.2) is 0 Å². The van der Waals surface area contributed by atoms with Gasteiger partial charge in [-0.15, -0.1) is 0 Å². The number of carbonyl (C=O) groups is 2. The fraction of sp³-hybridized carbons (Fsp3) is 0.333. The first-order chi connectivity index (χ1) is 8.22. The molecule has 0 bridgehead atoms. The van der Waals surface area contributed by atoms with Crippen molar-refractivity contribution in [2.45, 2.75) is 12.6 Å². The molecular formula is C12H14N2O3. The Morgan fingerprint density at radius 3 is 2.65 bits per heavy atom. The number of aliphatic hydroxyl groups excluding tert-OH is 1. The largest absolute Gasteiger partial charge is 0.394 e. The van der Waals surface area contributed by atoms with E-state index in [0.717, 1.165) is 5.56 Å². The third-order valence-electron chi connectivity index (χ3n) is 2.78. The molecule has 1 heterocycles. The summed E-state index contributed by atoms with van der Waals surface area (Å²) < 4.78 is 0. The van der Waals surface area contributed by atoms with Gasteiger partial charge < -0.3 is 15.3 Å². The number of rotatable bonds is 3. The van der Waals surface area contributed by atoms with Crippen LogP contribution in [0.2, 0.25) is 0 Å². The first kappa shape index (κ1) is 11.6. The molecule has 0 aromatic heterocycles. The van der Waals surface area contributed by atoms with Crippen LogP contribution in [0.1, 0.15) is 5.56 Å². The Hall–Kier alpha value is -1.88. The molecule has 1 aliphatic rings. The van der Waals surface area contributed by atoms with Gasteiger partial charge in [-0.3, -0.25) is 9.59 Å². The summed E-state index contributed by atoms with van der Waals surface area (Å²) >= 11 is 0. The zero-order chi connectivity index (χ0) is 12.3. The maximum absolute atomic E-state index is 11.7. The Labute approximate surface area is 99.0 Å². The summed E-state index contributed by atoms with van der Waals surface area (Å²) in [5, 5.41) is 11.6. The van der Waals surface area contributed by atoms with Gasteiger partial charge in [0.25, 0.3) is 0 Å². The van der Waals surface area contributed by atoms with Crippen LogP contribution in [0.25, 0.3) is 0 Å². The van der Waals surface area contributed by atoms with E-state index in [1.54, 1.807) is 0 Å². The third kappa shape index (κ3) is 2.45. The molecule has 90 valence electrons. The smallest absolute Gasteiger partial charge is 0.245 e. The van der Waals surface area contributed by atoms with Gasteiger partial charge in [-0.05, 0) is 5.56 Å². The van der Waals surface area contributed by atoms with Gasteiger partial charge in [-0.25, -0.2) is 0 Å². The van der Waals surface area contributed by atoms with Crippen LogP contribution in [0.5, 0.6) is 0 Å². The van der Waals surface area contributed by atoms with E-state index >= 15 is 0 Å².